The smallest absolute Gasteiger partial charge is 0.416 e. The monoisotopic (exact) mass is 396 g/mol. The Morgan fingerprint density at radius 1 is 0.821 bits per heavy atom. The van der Waals surface area contributed by atoms with Gasteiger partial charge in [0.1, 0.15) is 6.61 Å². The summed E-state index contributed by atoms with van der Waals surface area (Å²) >= 11 is 0. The van der Waals surface area contributed by atoms with E-state index in [2.05, 4.69) is 0 Å². The van der Waals surface area contributed by atoms with Crippen LogP contribution in [-0.4, -0.2) is 5.97 Å². The molecule has 0 atom stereocenters. The Bertz CT molecular complexity index is 1080. The molecule has 0 unspecified atom stereocenters. The van der Waals surface area contributed by atoms with E-state index < -0.39 is 29.4 Å². The number of carbonyl (C=O) groups is 1. The average Bonchev–Trinajstić information content (AvgIpc) is 2.98. The Morgan fingerprint density at radius 2 is 1.43 bits per heavy atom. The van der Waals surface area contributed by atoms with Crippen LogP contribution in [0, 0.1) is 0 Å². The van der Waals surface area contributed by atoms with Crippen LogP contribution in [0.1, 0.15) is 27.0 Å². The third-order valence-electron chi connectivity index (χ3n) is 4.60. The maximum atomic E-state index is 13.3. The van der Waals surface area contributed by atoms with E-state index in [1.807, 2.05) is 0 Å². The zero-order chi connectivity index (χ0) is 20.3. The number of esters is 1. The normalized spacial score (nSPS) is 14.3. The third kappa shape index (κ3) is 2.98. The van der Waals surface area contributed by atoms with Crippen molar-refractivity contribution in [3.63, 3.8) is 0 Å². The molecule has 0 aliphatic carbocycles. The Balaban J connectivity index is 2.10. The van der Waals surface area contributed by atoms with Gasteiger partial charge in [-0.05, 0) is 46.2 Å². The summed E-state index contributed by atoms with van der Waals surface area (Å²) < 4.78 is 84.5. The minimum absolute atomic E-state index is 0.0799. The first-order valence-electron chi connectivity index (χ1n) is 8.07. The number of hydrogen-bond donors (Lipinski definition) is 0. The molecular weight excluding hydrogens is 386 g/mol. The highest BCUT2D eigenvalue weighted by atomic mass is 19.4. The Morgan fingerprint density at radius 3 is 2.04 bits per heavy atom. The van der Waals surface area contributed by atoms with E-state index >= 15 is 0 Å². The van der Waals surface area contributed by atoms with Crippen molar-refractivity contribution in [1.82, 2.24) is 0 Å². The lowest BCUT2D eigenvalue weighted by atomic mass is 9.89. The summed E-state index contributed by atoms with van der Waals surface area (Å²) in [5, 5.41) is 0.952. The Labute approximate surface area is 154 Å². The first-order chi connectivity index (χ1) is 13.1. The predicted octanol–water partition coefficient (Wildman–Crippen LogP) is 6.21. The fraction of sp³-hybridized carbons (Fsp3) is 0.150. The summed E-state index contributed by atoms with van der Waals surface area (Å²) in [4.78, 5) is 12.0. The van der Waals surface area contributed by atoms with Crippen LogP contribution in [-0.2, 0) is 23.7 Å². The molecule has 0 aromatic heterocycles. The standard InChI is InChI=1S/C20H10F6O2/c21-19(22,23)12-5-11(6-13(8-12)20(24,25)26)17-14-4-2-1-3-10(14)7-15-16(17)9-28-18(15)27/h1-8H,9H2. The van der Waals surface area contributed by atoms with Crippen LogP contribution < -0.4 is 0 Å². The molecule has 28 heavy (non-hydrogen) atoms. The van der Waals surface area contributed by atoms with Crippen molar-refractivity contribution >= 4 is 16.7 Å². The molecule has 2 nitrogen and oxygen atoms in total. The Hall–Kier alpha value is -3.03. The van der Waals surface area contributed by atoms with Gasteiger partial charge in [0.2, 0.25) is 0 Å². The van der Waals surface area contributed by atoms with Crippen molar-refractivity contribution in [1.29, 1.82) is 0 Å². The third-order valence-corrected chi connectivity index (χ3v) is 4.60. The summed E-state index contributed by atoms with van der Waals surface area (Å²) in [5.74, 6) is -0.662. The number of fused-ring (bicyclic) bond motifs is 2. The van der Waals surface area contributed by atoms with E-state index in [0.29, 0.717) is 22.9 Å². The van der Waals surface area contributed by atoms with Crippen LogP contribution in [0.3, 0.4) is 0 Å². The maximum Gasteiger partial charge on any atom is 0.416 e. The van der Waals surface area contributed by atoms with E-state index in [9.17, 15) is 31.1 Å². The summed E-state index contributed by atoms with van der Waals surface area (Å²) in [6.07, 6.45) is -9.92. The molecule has 144 valence electrons. The van der Waals surface area contributed by atoms with Crippen molar-refractivity contribution in [3.05, 3.63) is 70.8 Å². The summed E-state index contributed by atoms with van der Waals surface area (Å²) in [6, 6.07) is 9.43. The van der Waals surface area contributed by atoms with Crippen LogP contribution in [0.15, 0.2) is 48.5 Å². The second-order valence-electron chi connectivity index (χ2n) is 6.37. The van der Waals surface area contributed by atoms with Crippen molar-refractivity contribution in [2.45, 2.75) is 19.0 Å². The minimum Gasteiger partial charge on any atom is -0.457 e. The minimum atomic E-state index is -4.96. The zero-order valence-corrected chi connectivity index (χ0v) is 13.9. The van der Waals surface area contributed by atoms with Crippen molar-refractivity contribution in [3.8, 4) is 11.1 Å². The highest BCUT2D eigenvalue weighted by molar-refractivity contribution is 6.07. The van der Waals surface area contributed by atoms with Crippen molar-refractivity contribution in [2.24, 2.45) is 0 Å². The van der Waals surface area contributed by atoms with Gasteiger partial charge >= 0.3 is 18.3 Å². The molecule has 0 spiro atoms. The van der Waals surface area contributed by atoms with Gasteiger partial charge in [0.15, 0.2) is 0 Å². The molecule has 1 aliphatic heterocycles. The molecule has 0 bridgehead atoms. The van der Waals surface area contributed by atoms with Crippen molar-refractivity contribution < 1.29 is 35.9 Å². The molecule has 4 rings (SSSR count). The number of alkyl halides is 6. The van der Waals surface area contributed by atoms with Crippen LogP contribution >= 0.6 is 0 Å². The Kier molecular flexibility index (Phi) is 3.92. The first kappa shape index (κ1) is 18.3. The van der Waals surface area contributed by atoms with Gasteiger partial charge in [0.25, 0.3) is 0 Å². The van der Waals surface area contributed by atoms with Crippen LogP contribution in [0.4, 0.5) is 26.3 Å². The van der Waals surface area contributed by atoms with Gasteiger partial charge in [0.05, 0.1) is 16.7 Å². The molecule has 0 fully saturated rings. The SMILES string of the molecule is O=C1OCc2c1cc1ccccc1c2-c1cc(C(F)(F)F)cc(C(F)(F)F)c1. The van der Waals surface area contributed by atoms with Gasteiger partial charge in [-0.3, -0.25) is 0 Å². The molecule has 0 saturated heterocycles. The van der Waals surface area contributed by atoms with Crippen LogP contribution in [0.5, 0.6) is 0 Å². The molecule has 3 aromatic carbocycles. The number of halogens is 6. The second-order valence-corrected chi connectivity index (χ2v) is 6.37. The summed E-state index contributed by atoms with van der Waals surface area (Å²) in [5.41, 5.74) is -2.55. The molecule has 1 heterocycles. The van der Waals surface area contributed by atoms with Gasteiger partial charge in [-0.1, -0.05) is 24.3 Å². The number of ether oxygens (including phenoxy) is 1. The van der Waals surface area contributed by atoms with Gasteiger partial charge in [-0.25, -0.2) is 4.79 Å². The second kappa shape index (κ2) is 5.98. The molecule has 0 N–H and O–H groups in total. The number of rotatable bonds is 1. The first-order valence-corrected chi connectivity index (χ1v) is 8.07. The molecule has 1 aliphatic rings. The lowest BCUT2D eigenvalue weighted by Crippen LogP contribution is -2.11. The highest BCUT2D eigenvalue weighted by Crippen LogP contribution is 2.43. The zero-order valence-electron chi connectivity index (χ0n) is 13.9. The number of hydrogen-bond acceptors (Lipinski definition) is 2. The molecule has 8 heteroatoms. The van der Waals surface area contributed by atoms with Crippen LogP contribution in [0.25, 0.3) is 21.9 Å². The molecule has 0 radical (unpaired) electrons. The van der Waals surface area contributed by atoms with E-state index in [0.717, 1.165) is 0 Å². The predicted molar refractivity (Wildman–Crippen MR) is 88.5 cm³/mol. The lowest BCUT2D eigenvalue weighted by Gasteiger charge is -2.17. The molecular formula is C20H10F6O2. The lowest BCUT2D eigenvalue weighted by molar-refractivity contribution is -0.143. The van der Waals surface area contributed by atoms with E-state index in [-0.39, 0.29) is 34.9 Å². The van der Waals surface area contributed by atoms with Gasteiger partial charge < -0.3 is 4.74 Å². The fourth-order valence-electron chi connectivity index (χ4n) is 3.37. The molecule has 0 saturated carbocycles. The molecule has 0 amide bonds. The number of cyclic esters (lactones) is 1. The maximum absolute atomic E-state index is 13.3. The fourth-order valence-corrected chi connectivity index (χ4v) is 3.37. The molecule has 3 aromatic rings. The van der Waals surface area contributed by atoms with Crippen LogP contribution in [0.2, 0.25) is 0 Å². The van der Waals surface area contributed by atoms with E-state index in [4.69, 9.17) is 4.74 Å². The van der Waals surface area contributed by atoms with E-state index in [1.54, 1.807) is 24.3 Å². The van der Waals surface area contributed by atoms with Crippen molar-refractivity contribution in [2.75, 3.05) is 0 Å². The van der Waals surface area contributed by atoms with Gasteiger partial charge in [-0.2, -0.15) is 26.3 Å². The number of benzene rings is 3. The van der Waals surface area contributed by atoms with Gasteiger partial charge in [0, 0.05) is 5.56 Å². The van der Waals surface area contributed by atoms with E-state index in [1.165, 1.54) is 6.07 Å². The quantitative estimate of drug-likeness (QED) is 0.361. The topological polar surface area (TPSA) is 26.3 Å². The van der Waals surface area contributed by atoms with Gasteiger partial charge in [-0.15, -0.1) is 0 Å². The summed E-state index contributed by atoms with van der Waals surface area (Å²) in [7, 11) is 0. The largest absolute Gasteiger partial charge is 0.457 e. The number of carbonyl (C=O) groups excluding carboxylic acids is 1. The summed E-state index contributed by atoms with van der Waals surface area (Å²) in [6.45, 7) is -0.216. The average molecular weight is 396 g/mol. The highest BCUT2D eigenvalue weighted by Gasteiger charge is 2.38.